The fourth-order valence-electron chi connectivity index (χ4n) is 8.01. The van der Waals surface area contributed by atoms with Gasteiger partial charge in [0.15, 0.2) is 5.78 Å². The predicted octanol–water partition coefficient (Wildman–Crippen LogP) is 6.47. The van der Waals surface area contributed by atoms with Crippen LogP contribution in [0.5, 0.6) is 11.5 Å². The lowest BCUT2D eigenvalue weighted by molar-refractivity contribution is -0.140. The van der Waals surface area contributed by atoms with Gasteiger partial charge >= 0.3 is 6.03 Å². The highest BCUT2D eigenvalue weighted by Crippen LogP contribution is 2.33. The number of urea groups is 1. The Morgan fingerprint density at radius 1 is 1.00 bits per heavy atom. The van der Waals surface area contributed by atoms with E-state index in [0.29, 0.717) is 59.5 Å². The van der Waals surface area contributed by atoms with Gasteiger partial charge in [-0.15, -0.1) is 0 Å². The molecule has 2 aliphatic rings. The number of hydrogen-bond donors (Lipinski definition) is 3. The van der Waals surface area contributed by atoms with Gasteiger partial charge in [0.1, 0.15) is 23.4 Å². The number of fused-ring (bicyclic) bond motifs is 2. The Balaban J connectivity index is 1.29. The van der Waals surface area contributed by atoms with Crippen LogP contribution < -0.4 is 15.4 Å². The van der Waals surface area contributed by atoms with Crippen LogP contribution in [-0.4, -0.2) is 104 Å². The molecule has 2 bridgehead atoms. The zero-order valence-corrected chi connectivity index (χ0v) is 36.6. The first-order chi connectivity index (χ1) is 28.6. The summed E-state index contributed by atoms with van der Waals surface area (Å²) in [6, 6.07) is 17.3. The zero-order valence-electron chi connectivity index (χ0n) is 35.1. The van der Waals surface area contributed by atoms with Gasteiger partial charge in [-0.2, -0.15) is 0 Å². The minimum atomic E-state index is -1.09. The van der Waals surface area contributed by atoms with Gasteiger partial charge in [-0.25, -0.2) is 9.78 Å². The van der Waals surface area contributed by atoms with E-state index in [4.69, 9.17) is 27.9 Å². The number of ketones is 1. The zero-order chi connectivity index (χ0) is 43.3. The second-order valence-electron chi connectivity index (χ2n) is 16.7. The predicted molar refractivity (Wildman–Crippen MR) is 232 cm³/mol. The van der Waals surface area contributed by atoms with E-state index in [9.17, 15) is 24.3 Å². The molecule has 3 heterocycles. The second kappa shape index (κ2) is 19.2. The Hall–Kier alpha value is -4.95. The third kappa shape index (κ3) is 10.5. The van der Waals surface area contributed by atoms with Crippen molar-refractivity contribution in [2.45, 2.75) is 77.2 Å². The molecule has 0 unspecified atom stereocenters. The number of aromatic nitrogens is 2. The third-order valence-electron chi connectivity index (χ3n) is 11.5. The molecule has 0 saturated carbocycles. The third-order valence-corrected chi connectivity index (χ3v) is 12.0. The molecule has 6 rings (SSSR count). The van der Waals surface area contributed by atoms with E-state index in [1.54, 1.807) is 42.2 Å². The Morgan fingerprint density at radius 2 is 1.70 bits per heavy atom. The maximum Gasteiger partial charge on any atom is 0.318 e. The lowest BCUT2D eigenvalue weighted by atomic mass is 9.81. The van der Waals surface area contributed by atoms with Crippen molar-refractivity contribution >= 4 is 46.8 Å². The first-order valence-corrected chi connectivity index (χ1v) is 21.1. The van der Waals surface area contributed by atoms with Crippen LogP contribution in [0.4, 0.5) is 4.79 Å². The normalized spacial score (nSPS) is 21.9. The summed E-state index contributed by atoms with van der Waals surface area (Å²) >= 11 is 12.7. The summed E-state index contributed by atoms with van der Waals surface area (Å²) in [5.41, 5.74) is 2.47. The molecule has 1 aromatic heterocycles. The number of piperidine rings is 1. The number of halogens is 2. The molecular weight excluding hydrogens is 805 g/mol. The molecule has 15 heteroatoms. The van der Waals surface area contributed by atoms with E-state index in [0.717, 1.165) is 22.6 Å². The molecule has 4 atom stereocenters. The number of benzene rings is 3. The fourth-order valence-corrected chi connectivity index (χ4v) is 8.30. The highest BCUT2D eigenvalue weighted by atomic mass is 35.5. The van der Waals surface area contributed by atoms with Crippen molar-refractivity contribution < 1.29 is 29.0 Å². The largest absolute Gasteiger partial charge is 0.457 e. The molecule has 60 heavy (non-hydrogen) atoms. The number of amides is 4. The van der Waals surface area contributed by atoms with E-state index >= 15 is 0 Å². The Labute approximate surface area is 362 Å². The van der Waals surface area contributed by atoms with Crippen molar-refractivity contribution in [3.8, 4) is 22.8 Å². The van der Waals surface area contributed by atoms with Gasteiger partial charge in [-0.05, 0) is 100 Å². The Morgan fingerprint density at radius 3 is 2.37 bits per heavy atom. The van der Waals surface area contributed by atoms with E-state index in [2.05, 4.69) is 20.5 Å². The summed E-state index contributed by atoms with van der Waals surface area (Å²) in [5.74, 6) is -0.806. The minimum absolute atomic E-state index is 0.101. The lowest BCUT2D eigenvalue weighted by Gasteiger charge is -2.45. The van der Waals surface area contributed by atoms with Crippen molar-refractivity contribution in [3.05, 3.63) is 99.9 Å². The summed E-state index contributed by atoms with van der Waals surface area (Å²) in [6.07, 6.45) is 3.08. The van der Waals surface area contributed by atoms with Crippen LogP contribution in [0.2, 0.25) is 10.0 Å². The SMILES string of the molecule is CC(C)[C@@H]1NC(=O)N(Cc2ccc(Cl)cc2Oc2ccc(-c3cnc(CN(C)C)n3C)cc2)[C@@H](C)C(=O)C[C@@H](CO)C(=O)N[C@@]2(Cc3ccc(Cl)cc3)CCCN(C2)C1=O. The number of hydrogen-bond acceptors (Lipinski definition) is 8. The monoisotopic (exact) mass is 859 g/mol. The van der Waals surface area contributed by atoms with Crippen molar-refractivity contribution in [3.63, 3.8) is 0 Å². The van der Waals surface area contributed by atoms with Crippen molar-refractivity contribution in [1.82, 2.24) is 34.9 Å². The molecule has 0 spiro atoms. The quantitative estimate of drug-likeness (QED) is 0.155. The van der Waals surface area contributed by atoms with Gasteiger partial charge < -0.3 is 39.7 Å². The number of ether oxygens (including phenoxy) is 1. The van der Waals surface area contributed by atoms with Crippen LogP contribution in [0.15, 0.2) is 72.9 Å². The fraction of sp³-hybridized carbons (Fsp3) is 0.444. The maximum atomic E-state index is 14.5. The molecule has 4 aromatic rings. The molecule has 3 aromatic carbocycles. The number of rotatable bonds is 11. The standard InChI is InChI=1S/C45H55Cl2N7O6/c1-28(2)41-43(58)53-19-7-18-45(27-53,22-30-8-13-34(46)14-9-30)50-42(57)33(26-55)20-38(56)29(3)54(44(59)49-41)24-32-10-15-35(47)21-39(32)60-36-16-11-31(12-17-36)37-23-48-40(52(37)6)25-51(4)5/h8-17,21,23,28-29,33,41,55H,7,18-20,22,24-27H2,1-6H3,(H,49,59)(H,50,57)/t29-,33-,41-,45+/m0/s1. The maximum absolute atomic E-state index is 14.5. The number of carbonyl (C=O) groups is 4. The van der Waals surface area contributed by atoms with Crippen LogP contribution in [0, 0.1) is 11.8 Å². The molecule has 2 saturated heterocycles. The molecule has 320 valence electrons. The molecule has 0 radical (unpaired) electrons. The molecule has 2 aliphatic heterocycles. The van der Waals surface area contributed by atoms with Gasteiger partial charge in [0.2, 0.25) is 11.8 Å². The number of nitrogens with one attached hydrogen (secondary N) is 2. The number of carbonyl (C=O) groups excluding carboxylic acids is 4. The van der Waals surface area contributed by atoms with Crippen LogP contribution >= 0.6 is 23.2 Å². The van der Waals surface area contributed by atoms with Crippen molar-refractivity contribution in [2.24, 2.45) is 18.9 Å². The lowest BCUT2D eigenvalue weighted by Crippen LogP contribution is -2.65. The smallest absolute Gasteiger partial charge is 0.318 e. The molecule has 3 N–H and O–H groups in total. The highest BCUT2D eigenvalue weighted by Gasteiger charge is 2.43. The number of nitrogens with zero attached hydrogens (tertiary/aromatic N) is 5. The Kier molecular flexibility index (Phi) is 14.3. The molecule has 0 aliphatic carbocycles. The van der Waals surface area contributed by atoms with Gasteiger partial charge in [0, 0.05) is 47.7 Å². The van der Waals surface area contributed by atoms with E-state index in [1.165, 1.54) is 4.90 Å². The number of imidazole rings is 1. The van der Waals surface area contributed by atoms with Gasteiger partial charge in [-0.1, -0.05) is 55.2 Å². The number of aliphatic hydroxyl groups excluding tert-OH is 1. The van der Waals surface area contributed by atoms with E-state index in [1.807, 2.05) is 82.2 Å². The molecule has 4 amide bonds. The van der Waals surface area contributed by atoms with Crippen molar-refractivity contribution in [2.75, 3.05) is 33.8 Å². The van der Waals surface area contributed by atoms with Gasteiger partial charge in [0.25, 0.3) is 0 Å². The summed E-state index contributed by atoms with van der Waals surface area (Å²) in [7, 11) is 5.97. The van der Waals surface area contributed by atoms with Crippen LogP contribution in [0.25, 0.3) is 11.3 Å². The Bertz CT molecular complexity index is 2180. The summed E-state index contributed by atoms with van der Waals surface area (Å²) in [5, 5.41) is 17.6. The van der Waals surface area contributed by atoms with Crippen molar-refractivity contribution in [1.29, 1.82) is 0 Å². The average molecular weight is 861 g/mol. The minimum Gasteiger partial charge on any atom is -0.457 e. The summed E-state index contributed by atoms with van der Waals surface area (Å²) in [6.45, 7) is 5.93. The van der Waals surface area contributed by atoms with Crippen LogP contribution in [0.3, 0.4) is 0 Å². The molecular formula is C45H55Cl2N7O6. The number of aliphatic hydroxyl groups is 1. The molecule has 13 nitrogen and oxygen atoms in total. The second-order valence-corrected chi connectivity index (χ2v) is 17.6. The van der Waals surface area contributed by atoms with E-state index in [-0.39, 0.29) is 31.3 Å². The topological polar surface area (TPSA) is 149 Å². The highest BCUT2D eigenvalue weighted by molar-refractivity contribution is 6.31. The van der Waals surface area contributed by atoms with Crippen LogP contribution in [-0.2, 0) is 40.9 Å². The average Bonchev–Trinajstić information content (AvgIpc) is 3.57. The first kappa shape index (κ1) is 44.6. The number of Topliss-reactive ketones (excluding diaryl/α,β-unsaturated/α-hetero) is 1. The molecule has 2 fully saturated rings. The summed E-state index contributed by atoms with van der Waals surface area (Å²) < 4.78 is 8.44. The van der Waals surface area contributed by atoms with Gasteiger partial charge in [-0.3, -0.25) is 14.4 Å². The van der Waals surface area contributed by atoms with Gasteiger partial charge in [0.05, 0.1) is 49.1 Å². The van der Waals surface area contributed by atoms with E-state index < -0.39 is 47.9 Å². The first-order valence-electron chi connectivity index (χ1n) is 20.3. The summed E-state index contributed by atoms with van der Waals surface area (Å²) in [4.78, 5) is 66.8. The van der Waals surface area contributed by atoms with Crippen LogP contribution in [0.1, 0.15) is 57.0 Å².